The Morgan fingerprint density at radius 2 is 1.78 bits per heavy atom. The van der Waals surface area contributed by atoms with Gasteiger partial charge in [-0.2, -0.15) is 13.2 Å². The van der Waals surface area contributed by atoms with Crippen LogP contribution in [0.2, 0.25) is 0 Å². The molecule has 0 radical (unpaired) electrons. The van der Waals surface area contributed by atoms with Crippen molar-refractivity contribution in [1.29, 1.82) is 0 Å². The Morgan fingerprint density at radius 1 is 1.17 bits per heavy atom. The quantitative estimate of drug-likeness (QED) is 0.843. The lowest BCUT2D eigenvalue weighted by Gasteiger charge is -2.22. The van der Waals surface area contributed by atoms with Gasteiger partial charge in [0.15, 0.2) is 0 Å². The summed E-state index contributed by atoms with van der Waals surface area (Å²) in [7, 11) is 0. The monoisotopic (exact) mass is 259 g/mol. The Balaban J connectivity index is 3.11. The Bertz CT molecular complexity index is 372. The van der Waals surface area contributed by atoms with Crippen molar-refractivity contribution >= 4 is 0 Å². The molecule has 0 aliphatic carbocycles. The molecule has 0 saturated heterocycles. The van der Waals surface area contributed by atoms with Gasteiger partial charge in [0.25, 0.3) is 0 Å². The van der Waals surface area contributed by atoms with Gasteiger partial charge in [-0.15, -0.1) is 0 Å². The fourth-order valence-electron chi connectivity index (χ4n) is 2.28. The second-order valence-corrected chi connectivity index (χ2v) is 4.99. The maximum atomic E-state index is 13.0. The molecule has 18 heavy (non-hydrogen) atoms. The molecule has 1 aromatic rings. The van der Waals surface area contributed by atoms with Crippen LogP contribution in [0.4, 0.5) is 13.2 Å². The second kappa shape index (κ2) is 6.23. The van der Waals surface area contributed by atoms with Gasteiger partial charge < -0.3 is 5.73 Å². The number of rotatable bonds is 5. The van der Waals surface area contributed by atoms with Crippen LogP contribution in [0, 0.1) is 5.92 Å². The predicted molar refractivity (Wildman–Crippen MR) is 67.3 cm³/mol. The van der Waals surface area contributed by atoms with Gasteiger partial charge in [-0.3, -0.25) is 0 Å². The van der Waals surface area contributed by atoms with E-state index >= 15 is 0 Å². The van der Waals surface area contributed by atoms with E-state index in [1.54, 1.807) is 12.1 Å². The van der Waals surface area contributed by atoms with Gasteiger partial charge in [0, 0.05) is 0 Å². The first kappa shape index (κ1) is 15.0. The van der Waals surface area contributed by atoms with E-state index in [1.807, 2.05) is 13.8 Å². The Hall–Kier alpha value is -1.03. The highest BCUT2D eigenvalue weighted by atomic mass is 19.4. The number of alkyl halides is 3. The van der Waals surface area contributed by atoms with E-state index in [2.05, 4.69) is 0 Å². The Labute approximate surface area is 106 Å². The SMILES string of the molecule is CC(C)CC(CCN)c1ccccc1C(F)(F)F. The van der Waals surface area contributed by atoms with Crippen molar-refractivity contribution in [3.63, 3.8) is 0 Å². The highest BCUT2D eigenvalue weighted by Gasteiger charge is 2.34. The van der Waals surface area contributed by atoms with Crippen LogP contribution in [0.5, 0.6) is 0 Å². The molecular weight excluding hydrogens is 239 g/mol. The molecule has 0 aliphatic heterocycles. The first-order chi connectivity index (χ1) is 8.36. The highest BCUT2D eigenvalue weighted by molar-refractivity contribution is 5.32. The maximum absolute atomic E-state index is 13.0. The van der Waals surface area contributed by atoms with Crippen molar-refractivity contribution in [3.8, 4) is 0 Å². The van der Waals surface area contributed by atoms with Gasteiger partial charge in [-0.1, -0.05) is 32.0 Å². The zero-order valence-corrected chi connectivity index (χ0v) is 10.8. The standard InChI is InChI=1S/C14H20F3N/c1-10(2)9-11(7-8-18)12-5-3-4-6-13(12)14(15,16)17/h3-6,10-11H,7-9,18H2,1-2H3. The molecule has 1 aromatic carbocycles. The van der Waals surface area contributed by atoms with Crippen molar-refractivity contribution in [2.24, 2.45) is 11.7 Å². The molecule has 0 heterocycles. The molecule has 0 aliphatic rings. The number of halogens is 3. The summed E-state index contributed by atoms with van der Waals surface area (Å²) in [6.45, 7) is 4.43. The topological polar surface area (TPSA) is 26.0 Å². The lowest BCUT2D eigenvalue weighted by atomic mass is 9.85. The summed E-state index contributed by atoms with van der Waals surface area (Å²) in [6.07, 6.45) is -2.98. The Kier molecular flexibility index (Phi) is 5.20. The van der Waals surface area contributed by atoms with Crippen molar-refractivity contribution < 1.29 is 13.2 Å². The Morgan fingerprint density at radius 3 is 2.28 bits per heavy atom. The largest absolute Gasteiger partial charge is 0.416 e. The summed E-state index contributed by atoms with van der Waals surface area (Å²) in [4.78, 5) is 0. The van der Waals surface area contributed by atoms with Gasteiger partial charge in [0.1, 0.15) is 0 Å². The molecule has 0 bridgehead atoms. The van der Waals surface area contributed by atoms with Crippen molar-refractivity contribution in [3.05, 3.63) is 35.4 Å². The predicted octanol–water partition coefficient (Wildman–Crippen LogP) is 4.18. The van der Waals surface area contributed by atoms with Crippen LogP contribution in [0.25, 0.3) is 0 Å². The van der Waals surface area contributed by atoms with E-state index in [9.17, 15) is 13.2 Å². The maximum Gasteiger partial charge on any atom is 0.416 e. The first-order valence-corrected chi connectivity index (χ1v) is 6.22. The van der Waals surface area contributed by atoms with Gasteiger partial charge in [-0.05, 0) is 42.9 Å². The third-order valence-corrected chi connectivity index (χ3v) is 2.98. The number of hydrogen-bond donors (Lipinski definition) is 1. The minimum Gasteiger partial charge on any atom is -0.330 e. The molecule has 1 rings (SSSR count). The minimum atomic E-state index is -4.29. The van der Waals surface area contributed by atoms with Gasteiger partial charge in [0.2, 0.25) is 0 Å². The minimum absolute atomic E-state index is 0.118. The lowest BCUT2D eigenvalue weighted by molar-refractivity contribution is -0.138. The summed E-state index contributed by atoms with van der Waals surface area (Å²) in [6, 6.07) is 5.82. The normalized spacial score (nSPS) is 13.9. The molecular formula is C14H20F3N. The van der Waals surface area contributed by atoms with Crippen LogP contribution < -0.4 is 5.73 Å². The van der Waals surface area contributed by atoms with Crippen LogP contribution in [0.1, 0.15) is 43.7 Å². The summed E-state index contributed by atoms with van der Waals surface area (Å²) < 4.78 is 38.9. The van der Waals surface area contributed by atoms with Crippen molar-refractivity contribution in [1.82, 2.24) is 0 Å². The van der Waals surface area contributed by atoms with Gasteiger partial charge >= 0.3 is 6.18 Å². The fourth-order valence-corrected chi connectivity index (χ4v) is 2.28. The van der Waals surface area contributed by atoms with Crippen molar-refractivity contribution in [2.45, 2.75) is 38.8 Å². The molecule has 1 unspecified atom stereocenters. The molecule has 1 nitrogen and oxygen atoms in total. The lowest BCUT2D eigenvalue weighted by Crippen LogP contribution is -2.16. The highest BCUT2D eigenvalue weighted by Crippen LogP contribution is 2.38. The van der Waals surface area contributed by atoms with E-state index < -0.39 is 11.7 Å². The van der Waals surface area contributed by atoms with Crippen LogP contribution in [-0.4, -0.2) is 6.54 Å². The van der Waals surface area contributed by atoms with E-state index in [0.717, 1.165) is 12.5 Å². The molecule has 2 N–H and O–H groups in total. The smallest absolute Gasteiger partial charge is 0.330 e. The fraction of sp³-hybridized carbons (Fsp3) is 0.571. The number of nitrogens with two attached hydrogens (primary N) is 1. The average molecular weight is 259 g/mol. The average Bonchev–Trinajstić information content (AvgIpc) is 2.27. The van der Waals surface area contributed by atoms with E-state index in [0.29, 0.717) is 24.4 Å². The van der Waals surface area contributed by atoms with Crippen LogP contribution in [-0.2, 0) is 6.18 Å². The third kappa shape index (κ3) is 4.02. The zero-order valence-electron chi connectivity index (χ0n) is 10.8. The zero-order chi connectivity index (χ0) is 13.8. The number of hydrogen-bond acceptors (Lipinski definition) is 1. The van der Waals surface area contributed by atoms with E-state index in [-0.39, 0.29) is 5.92 Å². The molecule has 0 saturated carbocycles. The summed E-state index contributed by atoms with van der Waals surface area (Å²) in [5, 5.41) is 0. The molecule has 0 aromatic heterocycles. The van der Waals surface area contributed by atoms with E-state index in [1.165, 1.54) is 6.07 Å². The van der Waals surface area contributed by atoms with Gasteiger partial charge in [0.05, 0.1) is 5.56 Å². The summed E-state index contributed by atoms with van der Waals surface area (Å²) in [5.74, 6) is 0.232. The summed E-state index contributed by atoms with van der Waals surface area (Å²) >= 11 is 0. The second-order valence-electron chi connectivity index (χ2n) is 4.99. The van der Waals surface area contributed by atoms with Gasteiger partial charge in [-0.25, -0.2) is 0 Å². The van der Waals surface area contributed by atoms with Crippen LogP contribution >= 0.6 is 0 Å². The first-order valence-electron chi connectivity index (χ1n) is 6.22. The summed E-state index contributed by atoms with van der Waals surface area (Å²) in [5.41, 5.74) is 5.38. The van der Waals surface area contributed by atoms with Crippen LogP contribution in [0.15, 0.2) is 24.3 Å². The van der Waals surface area contributed by atoms with Crippen LogP contribution in [0.3, 0.4) is 0 Å². The van der Waals surface area contributed by atoms with E-state index in [4.69, 9.17) is 5.73 Å². The molecule has 0 amide bonds. The van der Waals surface area contributed by atoms with Crippen molar-refractivity contribution in [2.75, 3.05) is 6.54 Å². The third-order valence-electron chi connectivity index (χ3n) is 2.98. The molecule has 4 heteroatoms. The molecule has 1 atom stereocenters. The molecule has 0 spiro atoms. The molecule has 102 valence electrons. The molecule has 0 fully saturated rings. The number of benzene rings is 1.